The van der Waals surface area contributed by atoms with Gasteiger partial charge in [-0.1, -0.05) is 140 Å². The number of aryl methyl sites for hydroxylation is 3. The van der Waals surface area contributed by atoms with Gasteiger partial charge in [-0.2, -0.15) is 49.2 Å². The van der Waals surface area contributed by atoms with Crippen molar-refractivity contribution in [3.05, 3.63) is 399 Å². The monoisotopic (exact) mass is 1960 g/mol. The fourth-order valence-corrected chi connectivity index (χ4v) is 15.8. The molecule has 24 rings (SSSR count). The molecule has 0 atom stereocenters. The van der Waals surface area contributed by atoms with Crippen LogP contribution >= 0.6 is 23.2 Å². The van der Waals surface area contributed by atoms with E-state index in [4.69, 9.17) is 28.9 Å². The molecule has 1 aliphatic rings. The van der Waals surface area contributed by atoms with Gasteiger partial charge in [-0.05, 0) is 208 Å². The number of nitrogens with zero attached hydrogens (tertiary/aromatic N) is 26. The summed E-state index contributed by atoms with van der Waals surface area (Å²) in [6.45, 7) is 2.67. The van der Waals surface area contributed by atoms with Crippen LogP contribution in [0.25, 0.3) is 163 Å². The third-order valence-corrected chi connectivity index (χ3v) is 22.6. The summed E-state index contributed by atoms with van der Waals surface area (Å²) in [7, 11) is 0. The van der Waals surface area contributed by atoms with E-state index in [9.17, 15) is 17.6 Å². The molecule has 0 bridgehead atoms. The minimum atomic E-state index is -2.87. The first-order valence-corrected chi connectivity index (χ1v) is 43.8. The molecule has 0 unspecified atom stereocenters. The van der Waals surface area contributed by atoms with E-state index >= 15 is 0 Å². The minimum absolute atomic E-state index is 0. The maximum Gasteiger partial charge on any atom is 0.387 e. The van der Waals surface area contributed by atoms with Crippen molar-refractivity contribution in [2.45, 2.75) is 90.7 Å². The lowest BCUT2D eigenvalue weighted by atomic mass is 9.99. The topological polar surface area (TPSA) is 328 Å². The Hall–Kier alpha value is -17.9. The predicted molar refractivity (Wildman–Crippen MR) is 560 cm³/mol. The predicted octanol–water partition coefficient (Wildman–Crippen LogP) is 26.1. The molecule has 1 aliphatic carbocycles. The van der Waals surface area contributed by atoms with Crippen LogP contribution in [0.15, 0.2) is 355 Å². The number of nitrogen functional groups attached to an aromatic ring is 1. The number of rotatable bonds is 15. The molecular weight excluding hydrogens is 1860 g/mol. The number of aromatic nitrogens is 26. The van der Waals surface area contributed by atoms with Crippen molar-refractivity contribution >= 4 is 57.8 Å². The first-order valence-electron chi connectivity index (χ1n) is 43.1. The van der Waals surface area contributed by atoms with E-state index in [0.29, 0.717) is 61.1 Å². The van der Waals surface area contributed by atoms with Crippen LogP contribution in [0.5, 0.6) is 5.75 Å². The van der Waals surface area contributed by atoms with E-state index in [0.717, 1.165) is 129 Å². The first-order chi connectivity index (χ1) is 67.5. The molecule has 0 spiro atoms. The van der Waals surface area contributed by atoms with Gasteiger partial charge in [0.1, 0.15) is 36.4 Å². The quantitative estimate of drug-likeness (QED) is 0.0932. The van der Waals surface area contributed by atoms with Crippen molar-refractivity contribution in [1.29, 1.82) is 0 Å². The van der Waals surface area contributed by atoms with Crippen LogP contribution in [0.2, 0.25) is 10.0 Å². The molecule has 2 N–H and O–H groups in total. The lowest BCUT2D eigenvalue weighted by Gasteiger charge is -2.10. The summed E-state index contributed by atoms with van der Waals surface area (Å²) in [5.74, 6) is 2.28. The molecule has 34 heteroatoms. The van der Waals surface area contributed by atoms with Gasteiger partial charge < -0.3 is 10.5 Å². The third kappa shape index (κ3) is 23.8. The zero-order valence-electron chi connectivity index (χ0n) is 73.4. The highest BCUT2D eigenvalue weighted by Gasteiger charge is 2.25. The molecule has 6 aromatic carbocycles. The van der Waals surface area contributed by atoms with Crippen LogP contribution in [-0.4, -0.2) is 134 Å². The van der Waals surface area contributed by atoms with Crippen LogP contribution < -0.4 is 10.5 Å². The van der Waals surface area contributed by atoms with E-state index in [1.165, 1.54) is 67.2 Å². The molecule has 17 heterocycles. The van der Waals surface area contributed by atoms with Crippen LogP contribution in [0.1, 0.15) is 85.6 Å². The van der Waals surface area contributed by atoms with Crippen molar-refractivity contribution in [3.63, 3.8) is 0 Å². The maximum atomic E-state index is 13.5. The zero-order chi connectivity index (χ0) is 94.5. The molecule has 1 saturated carbocycles. The number of anilines is 1. The molecule has 722 valence electrons. The van der Waals surface area contributed by atoms with Crippen molar-refractivity contribution in [2.24, 2.45) is 0 Å². The van der Waals surface area contributed by atoms with Crippen LogP contribution in [0, 0.1) is 32.4 Å². The highest BCUT2D eigenvalue weighted by molar-refractivity contribution is 6.35. The Bertz CT molecular complexity index is 8340. The summed E-state index contributed by atoms with van der Waals surface area (Å²) in [6.07, 6.45) is 37.3. The number of benzene rings is 6. The van der Waals surface area contributed by atoms with Gasteiger partial charge in [0.05, 0.1) is 68.7 Å². The SMILES string of the molecule is C.C.C.C.C.C.Cc1cc(-c2ncccc2-c2ccnc(N)n2)ccc1F.Cc1cc(-c2ncccc2-c2cnc3ncnn3c2)ccc1F.Cc1cccc(-c2ncccc2-c2cnc3ncnn3c2)c1.Clc1ccc(Cl)c(-c2ncccc2-c2ccn3nccc3n2)c1.FC(F)Oc1cccc(-c2ncccc2-c2ccn3nccc3n2)c1.c1cc(-c2ncccc2-c2cnc3ncnn3c2)cc(C2CC2)c1. The van der Waals surface area contributed by atoms with E-state index in [-0.39, 0.29) is 67.9 Å². The van der Waals surface area contributed by atoms with Gasteiger partial charge in [0.25, 0.3) is 17.3 Å². The van der Waals surface area contributed by atoms with Crippen molar-refractivity contribution in [3.8, 4) is 140 Å². The number of nitrogens with two attached hydrogens (primary N) is 1. The lowest BCUT2D eigenvalue weighted by molar-refractivity contribution is -0.0498. The van der Waals surface area contributed by atoms with Crippen molar-refractivity contribution in [2.75, 3.05) is 5.73 Å². The number of fused-ring (bicyclic) bond motifs is 5. The van der Waals surface area contributed by atoms with E-state index in [1.54, 1.807) is 159 Å². The van der Waals surface area contributed by atoms with Crippen molar-refractivity contribution < 1.29 is 22.3 Å². The van der Waals surface area contributed by atoms with E-state index in [2.05, 4.69) is 165 Å². The fourth-order valence-electron chi connectivity index (χ4n) is 15.4. The van der Waals surface area contributed by atoms with Gasteiger partial charge in [0.15, 0.2) is 11.3 Å². The number of halogens is 6. The van der Waals surface area contributed by atoms with E-state index < -0.39 is 6.61 Å². The molecule has 144 heavy (non-hydrogen) atoms. The number of alkyl halides is 2. The Morgan fingerprint density at radius 2 is 0.736 bits per heavy atom. The average molecular weight is 1960 g/mol. The smallest absolute Gasteiger partial charge is 0.387 e. The minimum Gasteiger partial charge on any atom is -0.435 e. The fraction of sp³-hybridized carbons (Fsp3) is 0.118. The average Bonchev–Trinajstić information content (AvgIpc) is 0.965. The van der Waals surface area contributed by atoms with Gasteiger partial charge in [-0.15, -0.1) is 0 Å². The van der Waals surface area contributed by atoms with Crippen LogP contribution in [0.3, 0.4) is 0 Å². The Balaban J connectivity index is 0.000000144. The highest BCUT2D eigenvalue weighted by Crippen LogP contribution is 2.43. The van der Waals surface area contributed by atoms with Gasteiger partial charge in [0, 0.05) is 194 Å². The molecule has 28 nitrogen and oxygen atoms in total. The van der Waals surface area contributed by atoms with Gasteiger partial charge in [-0.25, -0.2) is 66.2 Å². The Kier molecular flexibility index (Phi) is 33.9. The number of ether oxygens (including phenoxy) is 1. The van der Waals surface area contributed by atoms with Crippen LogP contribution in [-0.2, 0) is 0 Å². The van der Waals surface area contributed by atoms with Crippen molar-refractivity contribution in [1.82, 2.24) is 128 Å². The molecule has 0 amide bonds. The second-order valence-electron chi connectivity index (χ2n) is 31.4. The molecule has 0 radical (unpaired) electrons. The Morgan fingerprint density at radius 1 is 0.333 bits per heavy atom. The Morgan fingerprint density at radius 3 is 1.17 bits per heavy atom. The summed E-state index contributed by atoms with van der Waals surface area (Å²) < 4.78 is 64.7. The van der Waals surface area contributed by atoms with Gasteiger partial charge in [0.2, 0.25) is 5.95 Å². The summed E-state index contributed by atoms with van der Waals surface area (Å²) in [5.41, 5.74) is 31.6. The summed E-state index contributed by atoms with van der Waals surface area (Å²) in [5, 5.41) is 21.9. The van der Waals surface area contributed by atoms with Gasteiger partial charge in [-0.3, -0.25) is 29.9 Å². The molecule has 23 aromatic rings. The number of hydrogen-bond acceptors (Lipinski definition) is 23. The highest BCUT2D eigenvalue weighted by atomic mass is 35.5. The second-order valence-corrected chi connectivity index (χ2v) is 32.2. The standard InChI is InChI=1S/C19H15N5.C18H12F2N4O.C17H10Cl2N4.C17H12FN5.C17H13N5.C16H13FN4.6CH4/c1-3-14(13-6-7-13)9-15(4-1)18-17(5-2-8-20-18)16-10-21-19-22-12-23-24(19)11-16;19-18(20)25-13-4-1-3-12(11-13)17-14(5-2-8-21-17)15-7-10-24-16(23-15)6-9-22-24;18-11-3-4-14(19)13(10-11)17-12(2-1-7-20-17)15-6-9-23-16(22-15)5-8-21-23;1-11-7-12(4-5-15(11)18)16-14(3-2-6-19-16)13-8-20-17-21-10-22-23(17)9-13;1-12-4-2-5-13(8-12)16-15(6-3-7-18-16)14-9-19-17-20-11-21-22(17)10-14;1-10-9-11(4-5-13(10)17)15-12(3-2-7-19-15)14-6-8-20-16(18)21-14;;;;;;/h1-5,8-13H,6-7H2;1-11,18H;1-10H;2-10H,1H3;2-11H,1H3;2-9H,1H3,(H2,18,20,21);6*1H4. The molecule has 17 aromatic heterocycles. The second kappa shape index (κ2) is 47.2. The largest absolute Gasteiger partial charge is 0.435 e. The van der Waals surface area contributed by atoms with Crippen LogP contribution in [0.4, 0.5) is 23.5 Å². The summed E-state index contributed by atoms with van der Waals surface area (Å²) in [4.78, 5) is 69.5. The first kappa shape index (κ1) is 103. The molecule has 0 saturated heterocycles. The Labute approximate surface area is 838 Å². The van der Waals surface area contributed by atoms with Gasteiger partial charge >= 0.3 is 6.61 Å². The zero-order valence-corrected chi connectivity index (χ0v) is 74.9. The lowest BCUT2D eigenvalue weighted by Crippen LogP contribution is -2.02. The molecule has 1 fully saturated rings. The number of hydrogen-bond donors (Lipinski definition) is 1. The summed E-state index contributed by atoms with van der Waals surface area (Å²) in [6, 6.07) is 71.0. The number of pyridine rings is 6. The van der Waals surface area contributed by atoms with E-state index in [1.807, 2.05) is 141 Å². The third-order valence-electron chi connectivity index (χ3n) is 22.1. The molecule has 0 aliphatic heterocycles. The normalized spacial score (nSPS) is 11.0. The maximum absolute atomic E-state index is 13.5. The summed E-state index contributed by atoms with van der Waals surface area (Å²) >= 11 is 12.4. The molecular formula is C110H99Cl2F4N27O.